The quantitative estimate of drug-likeness (QED) is 0.776. The van der Waals surface area contributed by atoms with Gasteiger partial charge in [0.1, 0.15) is 0 Å². The molecule has 1 fully saturated rings. The zero-order valence-electron chi connectivity index (χ0n) is 10.8. The third-order valence-electron chi connectivity index (χ3n) is 3.26. The molecule has 1 aliphatic rings. The van der Waals surface area contributed by atoms with Crippen molar-refractivity contribution in [3.05, 3.63) is 0 Å². The van der Waals surface area contributed by atoms with E-state index in [4.69, 9.17) is 0 Å². The van der Waals surface area contributed by atoms with Gasteiger partial charge in [-0.2, -0.15) is 0 Å². The van der Waals surface area contributed by atoms with Gasteiger partial charge < -0.3 is 10.0 Å². The minimum atomic E-state index is -0.148. The molecule has 1 aliphatic heterocycles. The van der Waals surface area contributed by atoms with Gasteiger partial charge in [0.05, 0.1) is 6.10 Å². The molecule has 1 saturated heterocycles. The molecule has 0 bridgehead atoms. The van der Waals surface area contributed by atoms with E-state index in [0.717, 1.165) is 6.42 Å². The molecule has 2 nitrogen and oxygen atoms in total. The SMILES string of the molecule is CC(O)CC1CCCN1CCC(C)(C)C. The minimum Gasteiger partial charge on any atom is -0.393 e. The summed E-state index contributed by atoms with van der Waals surface area (Å²) in [6.45, 7) is 11.2. The van der Waals surface area contributed by atoms with E-state index in [2.05, 4.69) is 25.7 Å². The molecule has 0 aromatic rings. The van der Waals surface area contributed by atoms with Gasteiger partial charge in [-0.25, -0.2) is 0 Å². The minimum absolute atomic E-state index is 0.148. The second-order valence-corrected chi connectivity index (χ2v) is 6.23. The predicted molar refractivity (Wildman–Crippen MR) is 65.0 cm³/mol. The first-order valence-electron chi connectivity index (χ1n) is 6.30. The van der Waals surface area contributed by atoms with Gasteiger partial charge in [-0.05, 0) is 51.1 Å². The Balaban J connectivity index is 2.33. The van der Waals surface area contributed by atoms with Crippen LogP contribution in [0.2, 0.25) is 0 Å². The zero-order chi connectivity index (χ0) is 11.5. The van der Waals surface area contributed by atoms with Crippen LogP contribution in [0.5, 0.6) is 0 Å². The largest absolute Gasteiger partial charge is 0.393 e. The Morgan fingerprint density at radius 1 is 1.40 bits per heavy atom. The van der Waals surface area contributed by atoms with Gasteiger partial charge in [-0.3, -0.25) is 0 Å². The van der Waals surface area contributed by atoms with Crippen LogP contribution in [-0.4, -0.2) is 35.2 Å². The predicted octanol–water partition coefficient (Wildman–Crippen LogP) is 2.66. The van der Waals surface area contributed by atoms with Gasteiger partial charge in [0, 0.05) is 6.04 Å². The Morgan fingerprint density at radius 2 is 2.07 bits per heavy atom. The van der Waals surface area contributed by atoms with Gasteiger partial charge in [-0.15, -0.1) is 0 Å². The molecule has 2 atom stereocenters. The monoisotopic (exact) mass is 213 g/mol. The van der Waals surface area contributed by atoms with E-state index in [1.807, 2.05) is 6.92 Å². The molecule has 0 saturated carbocycles. The van der Waals surface area contributed by atoms with Crippen LogP contribution >= 0.6 is 0 Å². The van der Waals surface area contributed by atoms with Crippen LogP contribution in [0.4, 0.5) is 0 Å². The second kappa shape index (κ2) is 5.31. The first-order chi connectivity index (χ1) is 6.88. The number of rotatable bonds is 4. The fraction of sp³-hybridized carbons (Fsp3) is 1.00. The smallest absolute Gasteiger partial charge is 0.0527 e. The van der Waals surface area contributed by atoms with E-state index < -0.39 is 0 Å². The lowest BCUT2D eigenvalue weighted by Crippen LogP contribution is -2.34. The number of nitrogens with zero attached hydrogens (tertiary/aromatic N) is 1. The summed E-state index contributed by atoms with van der Waals surface area (Å²) in [6.07, 6.45) is 4.63. The standard InChI is InChI=1S/C13H27NO/c1-11(15)10-12-6-5-8-14(12)9-7-13(2,3)4/h11-12,15H,5-10H2,1-4H3. The molecule has 0 aromatic carbocycles. The fourth-order valence-corrected chi connectivity index (χ4v) is 2.33. The molecule has 0 aliphatic carbocycles. The number of likely N-dealkylation sites (tertiary alicyclic amines) is 1. The van der Waals surface area contributed by atoms with Crippen molar-refractivity contribution in [1.82, 2.24) is 4.90 Å². The second-order valence-electron chi connectivity index (χ2n) is 6.23. The molecule has 2 unspecified atom stereocenters. The maximum Gasteiger partial charge on any atom is 0.0527 e. The summed E-state index contributed by atoms with van der Waals surface area (Å²) in [4.78, 5) is 2.57. The third kappa shape index (κ3) is 4.98. The summed E-state index contributed by atoms with van der Waals surface area (Å²) in [5, 5.41) is 9.43. The Bertz CT molecular complexity index is 183. The van der Waals surface area contributed by atoms with Gasteiger partial charge in [0.2, 0.25) is 0 Å². The molecule has 1 heterocycles. The molecular formula is C13H27NO. The van der Waals surface area contributed by atoms with Crippen molar-refractivity contribution in [3.63, 3.8) is 0 Å². The highest BCUT2D eigenvalue weighted by Gasteiger charge is 2.26. The van der Waals surface area contributed by atoms with Gasteiger partial charge in [0.25, 0.3) is 0 Å². The van der Waals surface area contributed by atoms with Gasteiger partial charge in [-0.1, -0.05) is 20.8 Å². The number of hydrogen-bond acceptors (Lipinski definition) is 2. The lowest BCUT2D eigenvalue weighted by atomic mass is 9.92. The molecule has 1 rings (SSSR count). The topological polar surface area (TPSA) is 23.5 Å². The van der Waals surface area contributed by atoms with Crippen molar-refractivity contribution in [1.29, 1.82) is 0 Å². The van der Waals surface area contributed by atoms with E-state index in [1.165, 1.54) is 32.4 Å². The van der Waals surface area contributed by atoms with Crippen LogP contribution in [0.3, 0.4) is 0 Å². The average molecular weight is 213 g/mol. The van der Waals surface area contributed by atoms with Crippen molar-refractivity contribution in [3.8, 4) is 0 Å². The maximum atomic E-state index is 9.43. The normalized spacial score (nSPS) is 25.8. The fourth-order valence-electron chi connectivity index (χ4n) is 2.33. The highest BCUT2D eigenvalue weighted by Crippen LogP contribution is 2.25. The summed E-state index contributed by atoms with van der Waals surface area (Å²) in [6, 6.07) is 0.632. The lowest BCUT2D eigenvalue weighted by molar-refractivity contribution is 0.127. The summed E-state index contributed by atoms with van der Waals surface area (Å²) in [5.41, 5.74) is 0.429. The Hall–Kier alpha value is -0.0800. The van der Waals surface area contributed by atoms with Crippen LogP contribution in [0.1, 0.15) is 53.4 Å². The van der Waals surface area contributed by atoms with Crippen molar-refractivity contribution < 1.29 is 5.11 Å². The maximum absolute atomic E-state index is 9.43. The summed E-state index contributed by atoms with van der Waals surface area (Å²) >= 11 is 0. The van der Waals surface area contributed by atoms with Gasteiger partial charge >= 0.3 is 0 Å². The lowest BCUT2D eigenvalue weighted by Gasteiger charge is -2.28. The first kappa shape index (κ1) is 13.0. The van der Waals surface area contributed by atoms with E-state index in [-0.39, 0.29) is 6.10 Å². The number of aliphatic hydroxyl groups is 1. The van der Waals surface area contributed by atoms with Crippen LogP contribution < -0.4 is 0 Å². The molecule has 15 heavy (non-hydrogen) atoms. The molecule has 0 radical (unpaired) electrons. The molecule has 1 N–H and O–H groups in total. The first-order valence-corrected chi connectivity index (χ1v) is 6.30. The van der Waals surface area contributed by atoms with Gasteiger partial charge in [0.15, 0.2) is 0 Å². The highest BCUT2D eigenvalue weighted by molar-refractivity contribution is 4.81. The third-order valence-corrected chi connectivity index (χ3v) is 3.26. The van der Waals surface area contributed by atoms with Crippen LogP contribution in [0.15, 0.2) is 0 Å². The summed E-state index contributed by atoms with van der Waals surface area (Å²) in [5.74, 6) is 0. The van der Waals surface area contributed by atoms with Crippen molar-refractivity contribution in [2.75, 3.05) is 13.1 Å². The van der Waals surface area contributed by atoms with E-state index in [9.17, 15) is 5.11 Å². The Morgan fingerprint density at radius 3 is 2.60 bits per heavy atom. The van der Waals surface area contributed by atoms with Crippen LogP contribution in [-0.2, 0) is 0 Å². The van der Waals surface area contributed by atoms with E-state index in [0.29, 0.717) is 11.5 Å². The molecule has 0 spiro atoms. The molecule has 0 aromatic heterocycles. The summed E-state index contributed by atoms with van der Waals surface area (Å²) in [7, 11) is 0. The van der Waals surface area contributed by atoms with E-state index in [1.54, 1.807) is 0 Å². The van der Waals surface area contributed by atoms with Crippen molar-refractivity contribution in [2.45, 2.75) is 65.5 Å². The Labute approximate surface area is 94.7 Å². The van der Waals surface area contributed by atoms with Crippen LogP contribution in [0, 0.1) is 5.41 Å². The summed E-state index contributed by atoms with van der Waals surface area (Å²) < 4.78 is 0. The number of hydrogen-bond donors (Lipinski definition) is 1. The Kier molecular flexibility index (Phi) is 4.60. The number of aliphatic hydroxyl groups excluding tert-OH is 1. The molecular weight excluding hydrogens is 186 g/mol. The highest BCUT2D eigenvalue weighted by atomic mass is 16.3. The van der Waals surface area contributed by atoms with Crippen LogP contribution in [0.25, 0.3) is 0 Å². The zero-order valence-corrected chi connectivity index (χ0v) is 10.8. The van der Waals surface area contributed by atoms with Crippen molar-refractivity contribution >= 4 is 0 Å². The average Bonchev–Trinajstić information content (AvgIpc) is 2.46. The molecule has 2 heteroatoms. The van der Waals surface area contributed by atoms with Crippen molar-refractivity contribution in [2.24, 2.45) is 5.41 Å². The van der Waals surface area contributed by atoms with E-state index >= 15 is 0 Å². The molecule has 90 valence electrons. The molecule has 0 amide bonds.